The summed E-state index contributed by atoms with van der Waals surface area (Å²) in [6, 6.07) is 18.8. The third-order valence-electron chi connectivity index (χ3n) is 6.58. The summed E-state index contributed by atoms with van der Waals surface area (Å²) in [5, 5.41) is 5.66. The van der Waals surface area contributed by atoms with E-state index in [-0.39, 0.29) is 17.3 Å². The van der Waals surface area contributed by atoms with Crippen LogP contribution in [0.4, 0.5) is 0 Å². The number of rotatable bonds is 9. The van der Waals surface area contributed by atoms with Gasteiger partial charge in [0.1, 0.15) is 5.71 Å². The molecule has 6 heteroatoms. The highest BCUT2D eigenvalue weighted by atomic mass is 16.7. The first-order chi connectivity index (χ1) is 18.2. The number of hydrogen-bond acceptors (Lipinski definition) is 5. The molecule has 0 fully saturated rings. The molecular weight excluding hydrogens is 476 g/mol. The Morgan fingerprint density at radius 2 is 1.53 bits per heavy atom. The molecule has 0 saturated carbocycles. The summed E-state index contributed by atoms with van der Waals surface area (Å²) in [4.78, 5) is 43.0. The molecule has 38 heavy (non-hydrogen) atoms. The molecule has 0 saturated heterocycles. The van der Waals surface area contributed by atoms with Crippen LogP contribution in [-0.2, 0) is 16.2 Å². The number of ketones is 2. The van der Waals surface area contributed by atoms with Gasteiger partial charge in [-0.3, -0.25) is 9.59 Å². The lowest BCUT2D eigenvalue weighted by atomic mass is 9.97. The lowest BCUT2D eigenvalue weighted by molar-refractivity contribution is -0.140. The number of aryl methyl sites for hydroxylation is 2. The highest BCUT2D eigenvalue weighted by Crippen LogP contribution is 2.32. The van der Waals surface area contributed by atoms with Gasteiger partial charge in [0.25, 0.3) is 0 Å². The Bertz CT molecular complexity index is 1620. The van der Waals surface area contributed by atoms with Crippen LogP contribution < -0.4 is 0 Å². The van der Waals surface area contributed by atoms with Crippen LogP contribution >= 0.6 is 0 Å². The van der Waals surface area contributed by atoms with Crippen LogP contribution in [-0.4, -0.2) is 27.8 Å². The van der Waals surface area contributed by atoms with Crippen molar-refractivity contribution >= 4 is 45.1 Å². The summed E-state index contributed by atoms with van der Waals surface area (Å²) in [5.74, 6) is -0.908. The number of benzene rings is 3. The second kappa shape index (κ2) is 11.4. The quantitative estimate of drug-likeness (QED) is 0.0787. The molecule has 0 atom stereocenters. The number of Topliss-reactive ketones (excluding diaryl/α,β-unsaturated/α-hetero) is 1. The van der Waals surface area contributed by atoms with E-state index in [1.165, 1.54) is 6.92 Å². The normalized spacial score (nSPS) is 11.6. The number of aromatic nitrogens is 1. The average Bonchev–Trinajstić information content (AvgIpc) is 3.22. The second-order valence-electron chi connectivity index (χ2n) is 9.62. The van der Waals surface area contributed by atoms with Crippen molar-refractivity contribution in [2.24, 2.45) is 5.16 Å². The van der Waals surface area contributed by atoms with E-state index in [0.29, 0.717) is 29.5 Å². The molecule has 4 aromatic rings. The van der Waals surface area contributed by atoms with E-state index in [9.17, 15) is 14.4 Å². The third-order valence-corrected chi connectivity index (χ3v) is 6.58. The standard InChI is InChI=1S/C32H32N2O4/c1-6-34-29-16-14-23(31(36)25-12-8-7-11-21(25)4)18-26(29)27-19-24(15-17-30(27)34)32(37)28(33-38-22(5)35)13-9-10-20(2)3/h7-8,10-12,14-19H,6,9,13H2,1-5H3. The Morgan fingerprint density at radius 1 is 0.895 bits per heavy atom. The van der Waals surface area contributed by atoms with Gasteiger partial charge in [0.2, 0.25) is 5.78 Å². The van der Waals surface area contributed by atoms with Gasteiger partial charge in [-0.15, -0.1) is 0 Å². The SMILES string of the molecule is CCn1c2ccc(C(=O)C(CCC=C(C)C)=NOC(C)=O)cc2c2cc(C(=O)c3ccccc3C)ccc21. The summed E-state index contributed by atoms with van der Waals surface area (Å²) < 4.78 is 2.17. The van der Waals surface area contributed by atoms with Crippen molar-refractivity contribution in [2.75, 3.05) is 0 Å². The van der Waals surface area contributed by atoms with E-state index in [2.05, 4.69) is 16.6 Å². The Balaban J connectivity index is 1.81. The number of carbonyl (C=O) groups is 3. The van der Waals surface area contributed by atoms with Gasteiger partial charge < -0.3 is 9.40 Å². The zero-order chi connectivity index (χ0) is 27.4. The summed E-state index contributed by atoms with van der Waals surface area (Å²) in [6.45, 7) is 9.96. The van der Waals surface area contributed by atoms with Gasteiger partial charge in [-0.2, -0.15) is 0 Å². The molecule has 0 N–H and O–H groups in total. The molecule has 194 valence electrons. The second-order valence-corrected chi connectivity index (χ2v) is 9.62. The van der Waals surface area contributed by atoms with Gasteiger partial charge in [0.15, 0.2) is 5.78 Å². The van der Waals surface area contributed by atoms with Gasteiger partial charge in [0, 0.05) is 58.4 Å². The zero-order valence-electron chi connectivity index (χ0n) is 22.5. The van der Waals surface area contributed by atoms with E-state index in [1.54, 1.807) is 6.07 Å². The van der Waals surface area contributed by atoms with E-state index in [0.717, 1.165) is 39.5 Å². The molecule has 0 unspecified atom stereocenters. The predicted molar refractivity (Wildman–Crippen MR) is 152 cm³/mol. The van der Waals surface area contributed by atoms with E-state index in [4.69, 9.17) is 4.84 Å². The number of oxime groups is 1. The number of carbonyl (C=O) groups excluding carboxylic acids is 3. The third kappa shape index (κ3) is 5.49. The largest absolute Gasteiger partial charge is 0.341 e. The van der Waals surface area contributed by atoms with Gasteiger partial charge in [-0.05, 0) is 76.1 Å². The van der Waals surface area contributed by atoms with Crippen LogP contribution in [0.5, 0.6) is 0 Å². The molecule has 3 aromatic carbocycles. The lowest BCUT2D eigenvalue weighted by Crippen LogP contribution is -2.15. The van der Waals surface area contributed by atoms with Crippen molar-refractivity contribution in [1.82, 2.24) is 4.57 Å². The fourth-order valence-corrected chi connectivity index (χ4v) is 4.69. The predicted octanol–water partition coefficient (Wildman–Crippen LogP) is 7.20. The van der Waals surface area contributed by atoms with Gasteiger partial charge in [-0.1, -0.05) is 41.1 Å². The molecule has 6 nitrogen and oxygen atoms in total. The number of hydrogen-bond donors (Lipinski definition) is 0. The van der Waals surface area contributed by atoms with E-state index < -0.39 is 5.97 Å². The Labute approximate surface area is 222 Å². The molecule has 0 radical (unpaired) electrons. The highest BCUT2D eigenvalue weighted by Gasteiger charge is 2.19. The Morgan fingerprint density at radius 3 is 2.13 bits per heavy atom. The lowest BCUT2D eigenvalue weighted by Gasteiger charge is -2.06. The molecule has 4 rings (SSSR count). The van der Waals surface area contributed by atoms with Crippen molar-refractivity contribution in [3.63, 3.8) is 0 Å². The monoisotopic (exact) mass is 508 g/mol. The molecular formula is C32H32N2O4. The molecule has 1 aromatic heterocycles. The minimum atomic E-state index is -0.579. The summed E-state index contributed by atoms with van der Waals surface area (Å²) in [7, 11) is 0. The van der Waals surface area contributed by atoms with Crippen LogP contribution in [0.25, 0.3) is 21.8 Å². The van der Waals surface area contributed by atoms with Crippen molar-refractivity contribution in [1.29, 1.82) is 0 Å². The van der Waals surface area contributed by atoms with E-state index >= 15 is 0 Å². The summed E-state index contributed by atoms with van der Waals surface area (Å²) >= 11 is 0. The van der Waals surface area contributed by atoms with Crippen molar-refractivity contribution < 1.29 is 19.2 Å². The first kappa shape index (κ1) is 26.7. The summed E-state index contributed by atoms with van der Waals surface area (Å²) in [5.41, 5.74) is 5.93. The molecule has 0 aliphatic heterocycles. The maximum absolute atomic E-state index is 13.5. The molecule has 1 heterocycles. The number of fused-ring (bicyclic) bond motifs is 3. The minimum absolute atomic E-state index is 0.0373. The van der Waals surface area contributed by atoms with Gasteiger partial charge in [0.05, 0.1) is 0 Å². The Hall–Kier alpha value is -4.32. The van der Waals surface area contributed by atoms with Crippen LogP contribution in [0.15, 0.2) is 77.5 Å². The molecule has 0 bridgehead atoms. The van der Waals surface area contributed by atoms with Crippen molar-refractivity contribution in [2.45, 2.75) is 54.0 Å². The number of nitrogens with zero attached hydrogens (tertiary/aromatic N) is 2. The van der Waals surface area contributed by atoms with Crippen molar-refractivity contribution in [3.8, 4) is 0 Å². The van der Waals surface area contributed by atoms with Crippen LogP contribution in [0.3, 0.4) is 0 Å². The smallest absolute Gasteiger partial charge is 0.331 e. The highest BCUT2D eigenvalue weighted by molar-refractivity contribution is 6.46. The molecule has 0 amide bonds. The van der Waals surface area contributed by atoms with Crippen molar-refractivity contribution in [3.05, 3.63) is 94.6 Å². The summed E-state index contributed by atoms with van der Waals surface area (Å²) in [6.07, 6.45) is 2.97. The maximum atomic E-state index is 13.5. The van der Waals surface area contributed by atoms with Crippen LogP contribution in [0.1, 0.15) is 72.4 Å². The molecule has 0 aliphatic carbocycles. The minimum Gasteiger partial charge on any atom is -0.341 e. The van der Waals surface area contributed by atoms with Gasteiger partial charge in [-0.25, -0.2) is 4.79 Å². The molecule has 0 spiro atoms. The fraction of sp³-hybridized carbons (Fsp3) is 0.250. The Kier molecular flexibility index (Phi) is 8.01. The topological polar surface area (TPSA) is 77.7 Å². The van der Waals surface area contributed by atoms with E-state index in [1.807, 2.05) is 81.4 Å². The van der Waals surface area contributed by atoms with Gasteiger partial charge >= 0.3 is 5.97 Å². The van der Waals surface area contributed by atoms with Crippen LogP contribution in [0.2, 0.25) is 0 Å². The molecule has 0 aliphatic rings. The average molecular weight is 509 g/mol. The first-order valence-electron chi connectivity index (χ1n) is 12.8. The maximum Gasteiger partial charge on any atom is 0.331 e. The fourth-order valence-electron chi connectivity index (χ4n) is 4.69. The first-order valence-corrected chi connectivity index (χ1v) is 12.8. The van der Waals surface area contributed by atoms with Crippen LogP contribution in [0, 0.1) is 6.92 Å². The number of allylic oxidation sites excluding steroid dienone is 2. The zero-order valence-corrected chi connectivity index (χ0v) is 22.5.